The summed E-state index contributed by atoms with van der Waals surface area (Å²) >= 11 is 0. The first-order valence-corrected chi connectivity index (χ1v) is 8.71. The van der Waals surface area contributed by atoms with Crippen molar-refractivity contribution in [1.29, 1.82) is 0 Å². The molecule has 1 atom stereocenters. The van der Waals surface area contributed by atoms with E-state index < -0.39 is 0 Å². The molecule has 0 radical (unpaired) electrons. The number of rotatable bonds is 3. The van der Waals surface area contributed by atoms with E-state index in [9.17, 15) is 4.79 Å². The summed E-state index contributed by atoms with van der Waals surface area (Å²) in [5, 5.41) is 4.21. The highest BCUT2D eigenvalue weighted by Gasteiger charge is 2.49. The van der Waals surface area contributed by atoms with Gasteiger partial charge in [0, 0.05) is 51.8 Å². The molecule has 1 amide bonds. The standard InChI is InChI=1S/C18H25N5O/c1-20-8-3-5-15(20)13-22-9-4-6-18(14-22)7-10-23(17(18)24)16-11-19-21(2)12-16/h3,5,8,11-12H,4,6-7,9-10,13-14H2,1-2H3/t18-/m1/s1. The van der Waals surface area contributed by atoms with Gasteiger partial charge in [-0.3, -0.25) is 14.4 Å². The van der Waals surface area contributed by atoms with Crippen LogP contribution in [0.15, 0.2) is 30.7 Å². The summed E-state index contributed by atoms with van der Waals surface area (Å²) in [7, 11) is 3.97. The van der Waals surface area contributed by atoms with Crippen molar-refractivity contribution in [3.63, 3.8) is 0 Å². The third kappa shape index (κ3) is 2.55. The highest BCUT2D eigenvalue weighted by atomic mass is 16.2. The van der Waals surface area contributed by atoms with Crippen molar-refractivity contribution < 1.29 is 4.79 Å². The van der Waals surface area contributed by atoms with Crippen LogP contribution in [0.25, 0.3) is 0 Å². The van der Waals surface area contributed by atoms with Gasteiger partial charge in [-0.2, -0.15) is 5.10 Å². The number of aryl methyl sites for hydroxylation is 2. The van der Waals surface area contributed by atoms with E-state index in [-0.39, 0.29) is 11.3 Å². The van der Waals surface area contributed by atoms with Crippen LogP contribution in [0.4, 0.5) is 5.69 Å². The van der Waals surface area contributed by atoms with Crippen LogP contribution in [0.5, 0.6) is 0 Å². The zero-order chi connectivity index (χ0) is 16.7. The number of piperidine rings is 1. The lowest BCUT2D eigenvalue weighted by atomic mass is 9.78. The molecular formula is C18H25N5O. The van der Waals surface area contributed by atoms with Gasteiger partial charge in [0.2, 0.25) is 5.91 Å². The number of anilines is 1. The molecule has 128 valence electrons. The molecule has 0 aliphatic carbocycles. The molecule has 2 aromatic heterocycles. The van der Waals surface area contributed by atoms with Gasteiger partial charge >= 0.3 is 0 Å². The predicted octanol–water partition coefficient (Wildman–Crippen LogP) is 1.78. The number of aromatic nitrogens is 3. The number of hydrogen-bond donors (Lipinski definition) is 0. The molecule has 24 heavy (non-hydrogen) atoms. The first-order valence-electron chi connectivity index (χ1n) is 8.71. The zero-order valence-corrected chi connectivity index (χ0v) is 14.5. The molecule has 0 N–H and O–H groups in total. The van der Waals surface area contributed by atoms with E-state index in [1.54, 1.807) is 10.9 Å². The van der Waals surface area contributed by atoms with Gasteiger partial charge < -0.3 is 9.47 Å². The molecule has 2 saturated heterocycles. The van der Waals surface area contributed by atoms with Crippen LogP contribution in [0.1, 0.15) is 25.0 Å². The Balaban J connectivity index is 1.50. The molecule has 4 rings (SSSR count). The summed E-state index contributed by atoms with van der Waals surface area (Å²) < 4.78 is 3.93. The number of nitrogens with zero attached hydrogens (tertiary/aromatic N) is 5. The van der Waals surface area contributed by atoms with E-state index in [4.69, 9.17) is 0 Å². The van der Waals surface area contributed by atoms with Crippen molar-refractivity contribution in [2.75, 3.05) is 24.5 Å². The SMILES string of the molecule is Cn1cc(N2CC[C@@]3(CCCN(Cc4cccn4C)C3)C2=O)cn1. The number of amides is 1. The summed E-state index contributed by atoms with van der Waals surface area (Å²) in [6.07, 6.45) is 8.86. The molecule has 1 spiro atoms. The van der Waals surface area contributed by atoms with Gasteiger partial charge in [-0.05, 0) is 37.9 Å². The van der Waals surface area contributed by atoms with Gasteiger partial charge in [0.1, 0.15) is 0 Å². The Morgan fingerprint density at radius 3 is 2.83 bits per heavy atom. The van der Waals surface area contributed by atoms with Crippen molar-refractivity contribution >= 4 is 11.6 Å². The van der Waals surface area contributed by atoms with E-state index in [1.165, 1.54) is 5.69 Å². The summed E-state index contributed by atoms with van der Waals surface area (Å²) in [6, 6.07) is 4.25. The third-order valence-electron chi connectivity index (χ3n) is 5.61. The maximum atomic E-state index is 13.2. The van der Waals surface area contributed by atoms with E-state index in [2.05, 4.69) is 39.9 Å². The van der Waals surface area contributed by atoms with E-state index in [0.29, 0.717) is 0 Å². The van der Waals surface area contributed by atoms with Crippen LogP contribution < -0.4 is 4.90 Å². The Morgan fingerprint density at radius 2 is 2.12 bits per heavy atom. The smallest absolute Gasteiger partial charge is 0.234 e. The average Bonchev–Trinajstić information content (AvgIpc) is 3.24. The largest absolute Gasteiger partial charge is 0.353 e. The predicted molar refractivity (Wildman–Crippen MR) is 92.5 cm³/mol. The van der Waals surface area contributed by atoms with Crippen molar-refractivity contribution in [3.8, 4) is 0 Å². The molecule has 6 heteroatoms. The van der Waals surface area contributed by atoms with Crippen LogP contribution in [-0.4, -0.2) is 44.8 Å². The monoisotopic (exact) mass is 327 g/mol. The lowest BCUT2D eigenvalue weighted by molar-refractivity contribution is -0.128. The summed E-state index contributed by atoms with van der Waals surface area (Å²) in [4.78, 5) is 17.5. The molecule has 0 aromatic carbocycles. The first kappa shape index (κ1) is 15.4. The lowest BCUT2D eigenvalue weighted by Gasteiger charge is -2.39. The Bertz CT molecular complexity index is 748. The fourth-order valence-electron chi connectivity index (χ4n) is 4.25. The second kappa shape index (κ2) is 5.77. The van der Waals surface area contributed by atoms with Gasteiger partial charge in [0.15, 0.2) is 0 Å². The molecule has 2 fully saturated rings. The maximum absolute atomic E-state index is 13.2. The lowest BCUT2D eigenvalue weighted by Crippen LogP contribution is -2.47. The average molecular weight is 327 g/mol. The minimum absolute atomic E-state index is 0.209. The second-order valence-electron chi connectivity index (χ2n) is 7.28. The van der Waals surface area contributed by atoms with Crippen LogP contribution in [-0.2, 0) is 25.4 Å². The van der Waals surface area contributed by atoms with Crippen molar-refractivity contribution in [1.82, 2.24) is 19.2 Å². The van der Waals surface area contributed by atoms with Gasteiger partial charge in [-0.25, -0.2) is 0 Å². The van der Waals surface area contributed by atoms with Gasteiger partial charge in [-0.15, -0.1) is 0 Å². The minimum Gasteiger partial charge on any atom is -0.353 e. The Kier molecular flexibility index (Phi) is 3.72. The normalized spacial score (nSPS) is 25.1. The van der Waals surface area contributed by atoms with Crippen LogP contribution in [0.3, 0.4) is 0 Å². The number of carbonyl (C=O) groups is 1. The van der Waals surface area contributed by atoms with Crippen molar-refractivity contribution in [2.45, 2.75) is 25.8 Å². The maximum Gasteiger partial charge on any atom is 0.234 e. The molecule has 6 nitrogen and oxygen atoms in total. The quantitative estimate of drug-likeness (QED) is 0.863. The fourth-order valence-corrected chi connectivity index (χ4v) is 4.25. The molecule has 2 aromatic rings. The molecule has 0 unspecified atom stereocenters. The number of hydrogen-bond acceptors (Lipinski definition) is 3. The number of carbonyl (C=O) groups excluding carboxylic acids is 1. The first-order chi connectivity index (χ1) is 11.6. The molecule has 0 bridgehead atoms. The van der Waals surface area contributed by atoms with Crippen molar-refractivity contribution in [2.24, 2.45) is 19.5 Å². The molecule has 0 saturated carbocycles. The highest BCUT2D eigenvalue weighted by Crippen LogP contribution is 2.42. The fraction of sp³-hybridized carbons (Fsp3) is 0.556. The third-order valence-corrected chi connectivity index (χ3v) is 5.61. The van der Waals surface area contributed by atoms with Crippen LogP contribution >= 0.6 is 0 Å². The summed E-state index contributed by atoms with van der Waals surface area (Å²) in [5.74, 6) is 0.284. The summed E-state index contributed by atoms with van der Waals surface area (Å²) in [6.45, 7) is 3.68. The molecule has 2 aliphatic heterocycles. The van der Waals surface area contributed by atoms with Gasteiger partial charge in [-0.1, -0.05) is 0 Å². The topological polar surface area (TPSA) is 46.3 Å². The minimum atomic E-state index is -0.209. The highest BCUT2D eigenvalue weighted by molar-refractivity contribution is 6.00. The molecule has 4 heterocycles. The number of likely N-dealkylation sites (tertiary alicyclic amines) is 1. The Morgan fingerprint density at radius 1 is 1.25 bits per heavy atom. The summed E-state index contributed by atoms with van der Waals surface area (Å²) in [5.41, 5.74) is 2.03. The van der Waals surface area contributed by atoms with Gasteiger partial charge in [0.25, 0.3) is 0 Å². The van der Waals surface area contributed by atoms with E-state index >= 15 is 0 Å². The Hall–Kier alpha value is -2.08. The van der Waals surface area contributed by atoms with Gasteiger partial charge in [0.05, 0.1) is 17.3 Å². The Labute approximate surface area is 142 Å². The molecule has 2 aliphatic rings. The van der Waals surface area contributed by atoms with E-state index in [1.807, 2.05) is 18.1 Å². The zero-order valence-electron chi connectivity index (χ0n) is 14.5. The van der Waals surface area contributed by atoms with Crippen LogP contribution in [0.2, 0.25) is 0 Å². The van der Waals surface area contributed by atoms with Crippen molar-refractivity contribution in [3.05, 3.63) is 36.4 Å². The molecular weight excluding hydrogens is 302 g/mol. The van der Waals surface area contributed by atoms with E-state index in [0.717, 1.165) is 51.1 Å². The second-order valence-corrected chi connectivity index (χ2v) is 7.28. The van der Waals surface area contributed by atoms with Crippen LogP contribution in [0, 0.1) is 5.41 Å².